The summed E-state index contributed by atoms with van der Waals surface area (Å²) in [7, 11) is 1.26. The third-order valence-corrected chi connectivity index (χ3v) is 4.66. The Balaban J connectivity index is 1.77. The molecule has 0 spiro atoms. The first kappa shape index (κ1) is 22.0. The predicted octanol–water partition coefficient (Wildman–Crippen LogP) is 3.47. The molecule has 0 bridgehead atoms. The minimum atomic E-state index is -0.697. The van der Waals surface area contributed by atoms with Crippen LogP contribution in [0.15, 0.2) is 59.3 Å². The predicted molar refractivity (Wildman–Crippen MR) is 114 cm³/mol. The van der Waals surface area contributed by atoms with E-state index in [9.17, 15) is 19.2 Å². The van der Waals surface area contributed by atoms with Crippen molar-refractivity contribution in [2.45, 2.75) is 20.0 Å². The van der Waals surface area contributed by atoms with Crippen LogP contribution in [0.5, 0.6) is 0 Å². The number of carbonyl (C=O) groups excluding carboxylic acids is 4. The lowest BCUT2D eigenvalue weighted by Crippen LogP contribution is -2.32. The molecule has 1 heterocycles. The molecule has 1 N–H and O–H groups in total. The number of nitrogens with one attached hydrogen (secondary N) is 1. The number of methoxy groups -OCH3 is 1. The van der Waals surface area contributed by atoms with Crippen LogP contribution in [-0.2, 0) is 19.1 Å². The van der Waals surface area contributed by atoms with Crippen LogP contribution in [0.25, 0.3) is 0 Å². The molecule has 0 aromatic heterocycles. The van der Waals surface area contributed by atoms with Crippen molar-refractivity contribution in [3.8, 4) is 0 Å². The Morgan fingerprint density at radius 2 is 1.45 bits per heavy atom. The smallest absolute Gasteiger partial charge is 0.338 e. The summed E-state index contributed by atoms with van der Waals surface area (Å²) in [5.41, 5.74) is 1.24. The summed E-state index contributed by atoms with van der Waals surface area (Å²) in [5.74, 6) is -2.35. The molecule has 160 valence electrons. The van der Waals surface area contributed by atoms with Gasteiger partial charge in [-0.2, -0.15) is 0 Å². The fourth-order valence-electron chi connectivity index (χ4n) is 2.83. The quantitative estimate of drug-likeness (QED) is 0.539. The van der Waals surface area contributed by atoms with Crippen molar-refractivity contribution < 1.29 is 28.7 Å². The van der Waals surface area contributed by atoms with Crippen molar-refractivity contribution in [1.82, 2.24) is 0 Å². The number of esters is 2. The highest BCUT2D eigenvalue weighted by Crippen LogP contribution is 2.30. The minimum Gasteiger partial charge on any atom is -0.465 e. The molecule has 0 saturated heterocycles. The Bertz CT molecular complexity index is 1070. The van der Waals surface area contributed by atoms with E-state index in [1.54, 1.807) is 26.0 Å². The van der Waals surface area contributed by atoms with Crippen molar-refractivity contribution in [3.63, 3.8) is 0 Å². The molecule has 1 aliphatic rings. The first-order chi connectivity index (χ1) is 14.7. The standard InChI is InChI=1S/C22H19ClN2O6/c1-12(2)31-22(29)14-4-8-15(9-5-14)24-18-17(23)19(26)25(20(18)27)16-10-6-13(7-11-16)21(28)30-3/h4-12,24H,1-3H3. The second kappa shape index (κ2) is 9.01. The van der Waals surface area contributed by atoms with E-state index in [2.05, 4.69) is 10.1 Å². The molecule has 3 rings (SSSR count). The zero-order chi connectivity index (χ0) is 22.7. The normalized spacial score (nSPS) is 13.6. The number of hydrogen-bond donors (Lipinski definition) is 1. The first-order valence-corrected chi connectivity index (χ1v) is 9.65. The molecule has 2 aromatic rings. The number of nitrogens with zero attached hydrogens (tertiary/aromatic N) is 1. The topological polar surface area (TPSA) is 102 Å². The first-order valence-electron chi connectivity index (χ1n) is 9.28. The van der Waals surface area contributed by atoms with Gasteiger partial charge in [0.2, 0.25) is 0 Å². The summed E-state index contributed by atoms with van der Waals surface area (Å²) in [6, 6.07) is 12.0. The van der Waals surface area contributed by atoms with E-state index in [1.807, 2.05) is 0 Å². The van der Waals surface area contributed by atoms with Gasteiger partial charge in [-0.05, 0) is 62.4 Å². The maximum Gasteiger partial charge on any atom is 0.338 e. The van der Waals surface area contributed by atoms with E-state index >= 15 is 0 Å². The van der Waals surface area contributed by atoms with Crippen molar-refractivity contribution in [3.05, 3.63) is 70.4 Å². The molecular weight excluding hydrogens is 424 g/mol. The molecule has 31 heavy (non-hydrogen) atoms. The van der Waals surface area contributed by atoms with Gasteiger partial charge < -0.3 is 14.8 Å². The maximum atomic E-state index is 12.8. The Labute approximate surface area is 183 Å². The summed E-state index contributed by atoms with van der Waals surface area (Å²) in [5, 5.41) is 2.55. The molecule has 0 saturated carbocycles. The largest absolute Gasteiger partial charge is 0.465 e. The van der Waals surface area contributed by atoms with Crippen LogP contribution >= 0.6 is 11.6 Å². The van der Waals surface area contributed by atoms with Gasteiger partial charge in [-0.1, -0.05) is 11.6 Å². The highest BCUT2D eigenvalue weighted by atomic mass is 35.5. The number of halogens is 1. The Hall–Kier alpha value is -3.65. The van der Waals surface area contributed by atoms with E-state index in [4.69, 9.17) is 16.3 Å². The highest BCUT2D eigenvalue weighted by Gasteiger charge is 2.39. The third-order valence-electron chi connectivity index (χ3n) is 4.31. The molecule has 1 aliphatic heterocycles. The summed E-state index contributed by atoms with van der Waals surface area (Å²) >= 11 is 6.12. The number of benzene rings is 2. The fourth-order valence-corrected chi connectivity index (χ4v) is 3.04. The number of anilines is 2. The van der Waals surface area contributed by atoms with Crippen molar-refractivity contribution >= 4 is 46.7 Å². The summed E-state index contributed by atoms with van der Waals surface area (Å²) in [6.45, 7) is 3.50. The second-order valence-corrected chi connectivity index (χ2v) is 7.21. The van der Waals surface area contributed by atoms with E-state index < -0.39 is 23.8 Å². The molecular formula is C22H19ClN2O6. The SMILES string of the molecule is COC(=O)c1ccc(N2C(=O)C(Cl)=C(Nc3ccc(C(=O)OC(C)C)cc3)C2=O)cc1. The molecule has 2 aromatic carbocycles. The zero-order valence-electron chi connectivity index (χ0n) is 17.0. The van der Waals surface area contributed by atoms with E-state index in [1.165, 1.54) is 43.5 Å². The number of imide groups is 1. The van der Waals surface area contributed by atoms with Crippen molar-refractivity contribution in [1.29, 1.82) is 0 Å². The van der Waals surface area contributed by atoms with Gasteiger partial charge in [-0.3, -0.25) is 9.59 Å². The molecule has 9 heteroatoms. The van der Waals surface area contributed by atoms with Gasteiger partial charge >= 0.3 is 11.9 Å². The van der Waals surface area contributed by atoms with Gasteiger partial charge in [0.1, 0.15) is 10.7 Å². The van der Waals surface area contributed by atoms with Crippen molar-refractivity contribution in [2.24, 2.45) is 0 Å². The van der Waals surface area contributed by atoms with E-state index in [-0.39, 0.29) is 28.1 Å². The summed E-state index contributed by atoms with van der Waals surface area (Å²) in [4.78, 5) is 49.8. The average Bonchev–Trinajstić information content (AvgIpc) is 2.96. The molecule has 0 fully saturated rings. The Kier molecular flexibility index (Phi) is 6.41. The van der Waals surface area contributed by atoms with E-state index in [0.717, 1.165) is 4.90 Å². The van der Waals surface area contributed by atoms with Gasteiger partial charge in [-0.15, -0.1) is 0 Å². The number of ether oxygens (including phenoxy) is 2. The van der Waals surface area contributed by atoms with Crippen LogP contribution in [-0.4, -0.2) is 37.0 Å². The monoisotopic (exact) mass is 442 g/mol. The lowest BCUT2D eigenvalue weighted by Gasteiger charge is -2.15. The van der Waals surface area contributed by atoms with Gasteiger partial charge in [0.15, 0.2) is 0 Å². The van der Waals surface area contributed by atoms with Gasteiger partial charge in [0.25, 0.3) is 11.8 Å². The van der Waals surface area contributed by atoms with Crippen LogP contribution in [0.1, 0.15) is 34.6 Å². The molecule has 0 aliphatic carbocycles. The van der Waals surface area contributed by atoms with Gasteiger partial charge in [0.05, 0.1) is 30.0 Å². The number of amides is 2. The van der Waals surface area contributed by atoms with Crippen LogP contribution in [0.2, 0.25) is 0 Å². The second-order valence-electron chi connectivity index (χ2n) is 6.83. The van der Waals surface area contributed by atoms with Crippen LogP contribution in [0, 0.1) is 0 Å². The highest BCUT2D eigenvalue weighted by molar-refractivity contribution is 6.53. The number of rotatable bonds is 6. The van der Waals surface area contributed by atoms with Crippen LogP contribution in [0.3, 0.4) is 0 Å². The Morgan fingerprint density at radius 3 is 2.00 bits per heavy atom. The Morgan fingerprint density at radius 1 is 0.903 bits per heavy atom. The lowest BCUT2D eigenvalue weighted by molar-refractivity contribution is -0.120. The molecule has 2 amide bonds. The number of hydrogen-bond acceptors (Lipinski definition) is 7. The van der Waals surface area contributed by atoms with Crippen molar-refractivity contribution in [2.75, 3.05) is 17.3 Å². The summed E-state index contributed by atoms with van der Waals surface area (Å²) < 4.78 is 9.76. The third kappa shape index (κ3) is 4.59. The average molecular weight is 443 g/mol. The summed E-state index contributed by atoms with van der Waals surface area (Å²) in [6.07, 6.45) is -0.246. The van der Waals surface area contributed by atoms with Crippen LogP contribution in [0.4, 0.5) is 11.4 Å². The molecule has 0 atom stereocenters. The molecule has 8 nitrogen and oxygen atoms in total. The number of carbonyl (C=O) groups is 4. The molecule has 0 unspecified atom stereocenters. The fraction of sp³-hybridized carbons (Fsp3) is 0.182. The zero-order valence-corrected chi connectivity index (χ0v) is 17.7. The van der Waals surface area contributed by atoms with Gasteiger partial charge in [-0.25, -0.2) is 14.5 Å². The lowest BCUT2D eigenvalue weighted by atomic mass is 10.2. The molecule has 0 radical (unpaired) electrons. The minimum absolute atomic E-state index is 0.0961. The van der Waals surface area contributed by atoms with Gasteiger partial charge in [0, 0.05) is 5.69 Å². The maximum absolute atomic E-state index is 12.8. The van der Waals surface area contributed by atoms with Crippen LogP contribution < -0.4 is 10.2 Å². The van der Waals surface area contributed by atoms with E-state index in [0.29, 0.717) is 11.3 Å².